The second-order valence-corrected chi connectivity index (χ2v) is 7.09. The van der Waals surface area contributed by atoms with Crippen LogP contribution < -0.4 is 20.1 Å². The Kier molecular flexibility index (Phi) is 7.25. The molecule has 2 aromatic carbocycles. The van der Waals surface area contributed by atoms with Crippen LogP contribution in [0.1, 0.15) is 23.7 Å². The third-order valence-electron chi connectivity index (χ3n) is 5.16. The summed E-state index contributed by atoms with van der Waals surface area (Å²) in [5, 5.41) is 7.26. The van der Waals surface area contributed by atoms with Crippen LogP contribution in [-0.4, -0.2) is 38.2 Å². The van der Waals surface area contributed by atoms with E-state index in [0.29, 0.717) is 18.0 Å². The van der Waals surface area contributed by atoms with E-state index in [9.17, 15) is 4.79 Å². The van der Waals surface area contributed by atoms with E-state index in [4.69, 9.17) is 14.5 Å². The van der Waals surface area contributed by atoms with Gasteiger partial charge >= 0.3 is 0 Å². The first-order chi connectivity index (χ1) is 14.6. The number of ether oxygens (including phenoxy) is 2. The van der Waals surface area contributed by atoms with Crippen LogP contribution in [0, 0.1) is 6.92 Å². The number of carbonyl (C=O) groups excluding carboxylic acids is 1. The van der Waals surface area contributed by atoms with Crippen molar-refractivity contribution in [1.29, 1.82) is 0 Å². The molecule has 2 N–H and O–H groups in total. The monoisotopic (exact) mass is 407 g/mol. The Labute approximate surface area is 177 Å². The van der Waals surface area contributed by atoms with Crippen LogP contribution in [0.2, 0.25) is 0 Å². The lowest BCUT2D eigenvalue weighted by atomic mass is 10.1. The van der Waals surface area contributed by atoms with Crippen LogP contribution in [0.15, 0.2) is 42.5 Å². The number of nitrogens with one attached hydrogen (secondary N) is 2. The van der Waals surface area contributed by atoms with Gasteiger partial charge in [0.15, 0.2) is 11.5 Å². The Hall–Kier alpha value is -3.12. The summed E-state index contributed by atoms with van der Waals surface area (Å²) >= 11 is 0. The molecule has 0 bridgehead atoms. The molecule has 6 nitrogen and oxygen atoms in total. The number of fused-ring (bicyclic) bond motifs is 1. The topological polar surface area (TPSA) is 72.5 Å². The first-order valence-electron chi connectivity index (χ1n) is 10.2. The van der Waals surface area contributed by atoms with Crippen molar-refractivity contribution >= 4 is 22.5 Å². The summed E-state index contributed by atoms with van der Waals surface area (Å²) < 4.78 is 10.6. The van der Waals surface area contributed by atoms with Crippen LogP contribution in [0.25, 0.3) is 10.9 Å². The number of hydrogen-bond donors (Lipinski definition) is 2. The predicted molar refractivity (Wildman–Crippen MR) is 121 cm³/mol. The quantitative estimate of drug-likeness (QED) is 0.527. The van der Waals surface area contributed by atoms with E-state index in [0.717, 1.165) is 46.3 Å². The van der Waals surface area contributed by atoms with Crippen LogP contribution >= 0.6 is 0 Å². The zero-order valence-electron chi connectivity index (χ0n) is 18.0. The fourth-order valence-electron chi connectivity index (χ4n) is 3.52. The van der Waals surface area contributed by atoms with Gasteiger partial charge in [0.1, 0.15) is 0 Å². The number of carbonyl (C=O) groups is 1. The van der Waals surface area contributed by atoms with Crippen LogP contribution in [0.5, 0.6) is 11.5 Å². The number of aryl methyl sites for hydroxylation is 1. The second kappa shape index (κ2) is 10.1. The summed E-state index contributed by atoms with van der Waals surface area (Å²) in [5.41, 5.74) is 4.89. The predicted octanol–water partition coefficient (Wildman–Crippen LogP) is 3.89. The van der Waals surface area contributed by atoms with Crippen LogP contribution in [0.3, 0.4) is 0 Å². The lowest BCUT2D eigenvalue weighted by Crippen LogP contribution is -2.30. The number of anilines is 1. The Morgan fingerprint density at radius 2 is 1.83 bits per heavy atom. The number of rotatable bonds is 9. The lowest BCUT2D eigenvalue weighted by molar-refractivity contribution is -0.115. The summed E-state index contributed by atoms with van der Waals surface area (Å²) in [4.78, 5) is 17.3. The molecule has 0 aliphatic carbocycles. The minimum absolute atomic E-state index is 0.0659. The molecular formula is C24H29N3O3. The molecule has 3 aromatic rings. The van der Waals surface area contributed by atoms with Gasteiger partial charge in [-0.05, 0) is 55.6 Å². The van der Waals surface area contributed by atoms with Gasteiger partial charge in [-0.2, -0.15) is 0 Å². The first-order valence-corrected chi connectivity index (χ1v) is 10.2. The zero-order chi connectivity index (χ0) is 21.5. The Morgan fingerprint density at radius 1 is 1.07 bits per heavy atom. The van der Waals surface area contributed by atoms with E-state index in [-0.39, 0.29) is 12.5 Å². The third kappa shape index (κ3) is 4.89. The molecule has 0 saturated heterocycles. The number of pyridine rings is 1. The zero-order valence-corrected chi connectivity index (χ0v) is 18.0. The number of amides is 1. The normalized spacial score (nSPS) is 10.8. The van der Waals surface area contributed by atoms with Crippen molar-refractivity contribution in [2.24, 2.45) is 0 Å². The number of methoxy groups -OCH3 is 2. The second-order valence-electron chi connectivity index (χ2n) is 7.09. The minimum atomic E-state index is -0.0659. The van der Waals surface area contributed by atoms with Crippen molar-refractivity contribution in [3.05, 3.63) is 59.3 Å². The summed E-state index contributed by atoms with van der Waals surface area (Å²) in [6.07, 6.45) is 1.61. The molecule has 0 unspecified atom stereocenters. The standard InChI is InChI=1S/C24H29N3O3/c1-5-19-16(2)24(18-8-6-7-9-20(18)26-19)27-23(28)15-25-13-12-17-10-11-21(29-3)22(14-17)30-4/h6-11,14,25H,5,12-13,15H2,1-4H3,(H,26,27,28). The van der Waals surface area contributed by atoms with Gasteiger partial charge in [-0.15, -0.1) is 0 Å². The van der Waals surface area contributed by atoms with E-state index in [2.05, 4.69) is 17.6 Å². The highest BCUT2D eigenvalue weighted by Crippen LogP contribution is 2.29. The molecule has 158 valence electrons. The molecule has 0 saturated carbocycles. The van der Waals surface area contributed by atoms with Gasteiger partial charge in [0, 0.05) is 11.1 Å². The van der Waals surface area contributed by atoms with Crippen molar-refractivity contribution in [2.75, 3.05) is 32.6 Å². The highest BCUT2D eigenvalue weighted by molar-refractivity contribution is 6.03. The highest BCUT2D eigenvalue weighted by atomic mass is 16.5. The minimum Gasteiger partial charge on any atom is -0.493 e. The fourth-order valence-corrected chi connectivity index (χ4v) is 3.52. The maximum atomic E-state index is 12.6. The van der Waals surface area contributed by atoms with Crippen molar-refractivity contribution < 1.29 is 14.3 Å². The maximum absolute atomic E-state index is 12.6. The first kappa shape index (κ1) is 21.6. The molecule has 1 heterocycles. The maximum Gasteiger partial charge on any atom is 0.238 e. The molecule has 3 rings (SSSR count). The molecule has 1 aromatic heterocycles. The van der Waals surface area contributed by atoms with Gasteiger partial charge in [0.25, 0.3) is 0 Å². The Bertz CT molecular complexity index is 1030. The van der Waals surface area contributed by atoms with Crippen molar-refractivity contribution in [1.82, 2.24) is 10.3 Å². The van der Waals surface area contributed by atoms with Crippen molar-refractivity contribution in [3.8, 4) is 11.5 Å². The Balaban J connectivity index is 1.60. The number of aromatic nitrogens is 1. The van der Waals surface area contributed by atoms with Crippen LogP contribution in [0.4, 0.5) is 5.69 Å². The number of benzene rings is 2. The van der Waals surface area contributed by atoms with Gasteiger partial charge in [0.05, 0.1) is 32.0 Å². The van der Waals surface area contributed by atoms with E-state index in [1.807, 2.05) is 49.4 Å². The molecule has 0 fully saturated rings. The third-order valence-corrected chi connectivity index (χ3v) is 5.16. The summed E-state index contributed by atoms with van der Waals surface area (Å²) in [5.74, 6) is 1.35. The molecular weight excluding hydrogens is 378 g/mol. The lowest BCUT2D eigenvalue weighted by Gasteiger charge is -2.15. The van der Waals surface area contributed by atoms with Gasteiger partial charge in [-0.3, -0.25) is 9.78 Å². The largest absolute Gasteiger partial charge is 0.493 e. The van der Waals surface area contributed by atoms with Crippen molar-refractivity contribution in [3.63, 3.8) is 0 Å². The molecule has 0 spiro atoms. The summed E-state index contributed by atoms with van der Waals surface area (Å²) in [6.45, 7) is 5.01. The molecule has 0 aliphatic rings. The van der Waals surface area contributed by atoms with Gasteiger partial charge < -0.3 is 20.1 Å². The van der Waals surface area contributed by atoms with Crippen LogP contribution in [-0.2, 0) is 17.6 Å². The SMILES string of the molecule is CCc1nc2ccccc2c(NC(=O)CNCCc2ccc(OC)c(OC)c2)c1C. The number of para-hydroxylation sites is 1. The fraction of sp³-hybridized carbons (Fsp3) is 0.333. The number of hydrogen-bond acceptors (Lipinski definition) is 5. The smallest absolute Gasteiger partial charge is 0.238 e. The molecule has 0 aliphatic heterocycles. The van der Waals surface area contributed by atoms with E-state index in [1.165, 1.54) is 0 Å². The number of nitrogens with zero attached hydrogens (tertiary/aromatic N) is 1. The van der Waals surface area contributed by atoms with E-state index >= 15 is 0 Å². The molecule has 0 radical (unpaired) electrons. The van der Waals surface area contributed by atoms with E-state index < -0.39 is 0 Å². The average Bonchev–Trinajstić information content (AvgIpc) is 2.78. The van der Waals surface area contributed by atoms with Crippen molar-refractivity contribution in [2.45, 2.75) is 26.7 Å². The molecule has 0 atom stereocenters. The van der Waals surface area contributed by atoms with Gasteiger partial charge in [-0.1, -0.05) is 31.2 Å². The summed E-state index contributed by atoms with van der Waals surface area (Å²) in [6, 6.07) is 13.8. The summed E-state index contributed by atoms with van der Waals surface area (Å²) in [7, 11) is 3.24. The van der Waals surface area contributed by atoms with E-state index in [1.54, 1.807) is 14.2 Å². The van der Waals surface area contributed by atoms with Gasteiger partial charge in [0.2, 0.25) is 5.91 Å². The average molecular weight is 408 g/mol. The highest BCUT2D eigenvalue weighted by Gasteiger charge is 2.13. The van der Waals surface area contributed by atoms with Gasteiger partial charge in [-0.25, -0.2) is 0 Å². The molecule has 30 heavy (non-hydrogen) atoms. The molecule has 1 amide bonds. The Morgan fingerprint density at radius 3 is 2.57 bits per heavy atom. The molecule has 6 heteroatoms.